The molecule has 1 aromatic rings. The molecule has 0 saturated carbocycles. The van der Waals surface area contributed by atoms with E-state index in [1.165, 1.54) is 12.5 Å². The molecule has 4 nitrogen and oxygen atoms in total. The maximum atomic E-state index is 13.4. The zero-order chi connectivity index (χ0) is 17.2. The van der Waals surface area contributed by atoms with Gasteiger partial charge in [0.15, 0.2) is 17.2 Å². The van der Waals surface area contributed by atoms with Crippen molar-refractivity contribution < 1.29 is 18.7 Å². The van der Waals surface area contributed by atoms with Crippen molar-refractivity contribution in [2.24, 2.45) is 0 Å². The molecule has 0 unspecified atom stereocenters. The minimum Gasteiger partial charge on any atom is -0.379 e. The van der Waals surface area contributed by atoms with Gasteiger partial charge >= 0.3 is 0 Å². The van der Waals surface area contributed by atoms with Crippen LogP contribution in [-0.2, 0) is 11.3 Å². The van der Waals surface area contributed by atoms with E-state index < -0.39 is 17.2 Å². The summed E-state index contributed by atoms with van der Waals surface area (Å²) in [5.74, 6) is -2.12. The molecule has 6 heteroatoms. The van der Waals surface area contributed by atoms with Crippen LogP contribution < -0.4 is 0 Å². The van der Waals surface area contributed by atoms with Crippen LogP contribution in [0.2, 0.25) is 0 Å². The first-order valence-corrected chi connectivity index (χ1v) is 8.66. The number of benzene rings is 1. The van der Waals surface area contributed by atoms with Gasteiger partial charge in [0.2, 0.25) is 0 Å². The van der Waals surface area contributed by atoms with E-state index in [-0.39, 0.29) is 12.5 Å². The molecule has 1 amide bonds. The lowest BCUT2D eigenvalue weighted by molar-refractivity contribution is -0.160. The topological polar surface area (TPSA) is 43.8 Å². The fourth-order valence-electron chi connectivity index (χ4n) is 3.71. The molecule has 0 bridgehead atoms. The van der Waals surface area contributed by atoms with Gasteiger partial charge in [0.25, 0.3) is 5.91 Å². The Morgan fingerprint density at radius 3 is 2.50 bits per heavy atom. The van der Waals surface area contributed by atoms with Gasteiger partial charge < -0.3 is 10.0 Å². The van der Waals surface area contributed by atoms with Crippen LogP contribution in [0.15, 0.2) is 18.2 Å². The second kappa shape index (κ2) is 7.15. The average molecular weight is 338 g/mol. The molecule has 2 heterocycles. The normalized spacial score (nSPS) is 26.0. The monoisotopic (exact) mass is 338 g/mol. The molecule has 24 heavy (non-hydrogen) atoms. The van der Waals surface area contributed by atoms with Crippen molar-refractivity contribution in [2.45, 2.75) is 44.2 Å². The summed E-state index contributed by atoms with van der Waals surface area (Å²) in [6.07, 6.45) is 4.56. The first-order valence-electron chi connectivity index (χ1n) is 8.66. The van der Waals surface area contributed by atoms with Crippen LogP contribution in [-0.4, -0.2) is 52.6 Å². The highest BCUT2D eigenvalue weighted by Gasteiger charge is 2.43. The standard InChI is InChI=1S/C18H24F2N2O2/c19-15-6-5-14(11-16(15)20)12-22-10-4-7-18(24,17(22)23)13-21-8-2-1-3-9-21/h5-6,11,24H,1-4,7-10,12-13H2/t18-/m1/s1. The highest BCUT2D eigenvalue weighted by Crippen LogP contribution is 2.26. The van der Waals surface area contributed by atoms with E-state index in [4.69, 9.17) is 0 Å². The van der Waals surface area contributed by atoms with Crippen LogP contribution in [0.5, 0.6) is 0 Å². The molecule has 2 aliphatic rings. The van der Waals surface area contributed by atoms with Crippen molar-refractivity contribution in [3.63, 3.8) is 0 Å². The minimum absolute atomic E-state index is 0.193. The van der Waals surface area contributed by atoms with Gasteiger partial charge in [0, 0.05) is 19.6 Å². The Hall–Kier alpha value is -1.53. The Bertz CT molecular complexity index is 605. The van der Waals surface area contributed by atoms with Crippen LogP contribution in [0, 0.1) is 11.6 Å². The second-order valence-corrected chi connectivity index (χ2v) is 6.95. The van der Waals surface area contributed by atoms with Crippen LogP contribution >= 0.6 is 0 Å². The Morgan fingerprint density at radius 1 is 1.04 bits per heavy atom. The fourth-order valence-corrected chi connectivity index (χ4v) is 3.71. The van der Waals surface area contributed by atoms with Crippen LogP contribution in [0.1, 0.15) is 37.7 Å². The summed E-state index contributed by atoms with van der Waals surface area (Å²) in [5, 5.41) is 10.9. The van der Waals surface area contributed by atoms with Gasteiger partial charge in [-0.2, -0.15) is 0 Å². The van der Waals surface area contributed by atoms with E-state index in [1.807, 2.05) is 0 Å². The average Bonchev–Trinajstić information content (AvgIpc) is 2.56. The van der Waals surface area contributed by atoms with Crippen molar-refractivity contribution >= 4 is 5.91 Å². The van der Waals surface area contributed by atoms with E-state index >= 15 is 0 Å². The molecule has 1 aromatic carbocycles. The largest absolute Gasteiger partial charge is 0.379 e. The van der Waals surface area contributed by atoms with Gasteiger partial charge in [0.05, 0.1) is 0 Å². The first kappa shape index (κ1) is 17.3. The van der Waals surface area contributed by atoms with Gasteiger partial charge in [-0.1, -0.05) is 12.5 Å². The Kier molecular flexibility index (Phi) is 5.15. The van der Waals surface area contributed by atoms with Crippen molar-refractivity contribution in [2.75, 3.05) is 26.2 Å². The van der Waals surface area contributed by atoms with Gasteiger partial charge in [-0.15, -0.1) is 0 Å². The molecule has 0 aromatic heterocycles. The number of piperidine rings is 2. The number of hydrogen-bond acceptors (Lipinski definition) is 3. The van der Waals surface area contributed by atoms with E-state index in [1.54, 1.807) is 4.90 Å². The summed E-state index contributed by atoms with van der Waals surface area (Å²) < 4.78 is 26.4. The van der Waals surface area contributed by atoms with Crippen LogP contribution in [0.3, 0.4) is 0 Å². The zero-order valence-electron chi connectivity index (χ0n) is 13.8. The number of carbonyl (C=O) groups is 1. The highest BCUT2D eigenvalue weighted by molar-refractivity contribution is 5.86. The lowest BCUT2D eigenvalue weighted by Gasteiger charge is -2.41. The van der Waals surface area contributed by atoms with Gasteiger partial charge in [0.1, 0.15) is 0 Å². The fraction of sp³-hybridized carbons (Fsp3) is 0.611. The molecule has 0 aliphatic carbocycles. The maximum Gasteiger partial charge on any atom is 0.256 e. The highest BCUT2D eigenvalue weighted by atomic mass is 19.2. The lowest BCUT2D eigenvalue weighted by Crippen LogP contribution is -2.58. The Labute approximate surface area is 141 Å². The predicted octanol–water partition coefficient (Wildman–Crippen LogP) is 2.30. The molecule has 2 aliphatic heterocycles. The van der Waals surface area contributed by atoms with Crippen LogP contribution in [0.25, 0.3) is 0 Å². The lowest BCUT2D eigenvalue weighted by atomic mass is 9.90. The molecular weight excluding hydrogens is 314 g/mol. The zero-order valence-corrected chi connectivity index (χ0v) is 13.8. The number of hydrogen-bond donors (Lipinski definition) is 1. The second-order valence-electron chi connectivity index (χ2n) is 6.95. The predicted molar refractivity (Wildman–Crippen MR) is 86.2 cm³/mol. The molecule has 2 saturated heterocycles. The van der Waals surface area contributed by atoms with Crippen molar-refractivity contribution in [1.82, 2.24) is 9.80 Å². The number of likely N-dealkylation sites (tertiary alicyclic amines) is 2. The number of halogens is 2. The molecule has 1 atom stereocenters. The third kappa shape index (κ3) is 3.75. The smallest absolute Gasteiger partial charge is 0.256 e. The SMILES string of the molecule is O=C1N(Cc2ccc(F)c(F)c2)CCC[C@@]1(O)CN1CCCCC1. The molecule has 3 rings (SSSR count). The van der Waals surface area contributed by atoms with Crippen molar-refractivity contribution in [3.8, 4) is 0 Å². The first-order chi connectivity index (χ1) is 11.5. The Morgan fingerprint density at radius 2 is 1.79 bits per heavy atom. The summed E-state index contributed by atoms with van der Waals surface area (Å²) in [6, 6.07) is 3.66. The number of β-amino-alcohol motifs (C(OH)–C–C–N with tert-alkyl or cyclic N) is 1. The molecule has 0 spiro atoms. The number of carbonyl (C=O) groups excluding carboxylic acids is 1. The van der Waals surface area contributed by atoms with Gasteiger partial charge in [-0.05, 0) is 56.5 Å². The minimum atomic E-state index is -1.37. The number of aliphatic hydroxyl groups is 1. The maximum absolute atomic E-state index is 13.4. The molecular formula is C18H24F2N2O2. The van der Waals surface area contributed by atoms with Gasteiger partial charge in [-0.25, -0.2) is 8.78 Å². The summed E-state index contributed by atoms with van der Waals surface area (Å²) in [4.78, 5) is 16.5. The molecule has 132 valence electrons. The summed E-state index contributed by atoms with van der Waals surface area (Å²) in [6.45, 7) is 2.91. The number of amides is 1. The number of nitrogens with zero attached hydrogens (tertiary/aromatic N) is 2. The summed E-state index contributed by atoms with van der Waals surface area (Å²) in [5.41, 5.74) is -0.835. The van der Waals surface area contributed by atoms with E-state index in [2.05, 4.69) is 4.90 Å². The van der Waals surface area contributed by atoms with Crippen molar-refractivity contribution in [3.05, 3.63) is 35.4 Å². The summed E-state index contributed by atoms with van der Waals surface area (Å²) >= 11 is 0. The van der Waals surface area contributed by atoms with E-state index in [0.717, 1.165) is 38.1 Å². The van der Waals surface area contributed by atoms with Crippen LogP contribution in [0.4, 0.5) is 8.78 Å². The quantitative estimate of drug-likeness (QED) is 0.916. The third-order valence-corrected chi connectivity index (χ3v) is 5.00. The summed E-state index contributed by atoms with van der Waals surface area (Å²) in [7, 11) is 0. The van der Waals surface area contributed by atoms with Gasteiger partial charge in [-0.3, -0.25) is 9.69 Å². The molecule has 1 N–H and O–H groups in total. The third-order valence-electron chi connectivity index (χ3n) is 5.00. The van der Waals surface area contributed by atoms with E-state index in [0.29, 0.717) is 31.5 Å². The Balaban J connectivity index is 1.68. The van der Waals surface area contributed by atoms with E-state index in [9.17, 15) is 18.7 Å². The van der Waals surface area contributed by atoms with Crippen molar-refractivity contribution in [1.29, 1.82) is 0 Å². The number of rotatable bonds is 4. The molecule has 2 fully saturated rings. The molecule has 0 radical (unpaired) electrons.